The molecule has 0 aliphatic carbocycles. The number of carboxylic acids is 1. The first-order chi connectivity index (χ1) is 17.4. The summed E-state index contributed by atoms with van der Waals surface area (Å²) in [5.41, 5.74) is 2.63. The number of hydrogen-bond acceptors (Lipinski definition) is 5. The number of hydrogen-bond donors (Lipinski definition) is 2. The topological polar surface area (TPSA) is 114 Å². The normalized spacial score (nSPS) is 13.6. The molecule has 0 saturated carbocycles. The van der Waals surface area contributed by atoms with Gasteiger partial charge in [-0.2, -0.15) is 0 Å². The number of nitrogens with one attached hydrogen (secondary N) is 1. The van der Waals surface area contributed by atoms with Crippen LogP contribution in [-0.2, 0) is 9.59 Å². The number of pyridine rings is 1. The molecule has 1 amide bonds. The van der Waals surface area contributed by atoms with Crippen molar-refractivity contribution in [1.82, 2.24) is 19.9 Å². The molecule has 2 unspecified atom stereocenters. The highest BCUT2D eigenvalue weighted by atomic mass is 19.1. The van der Waals surface area contributed by atoms with Gasteiger partial charge in [0.25, 0.3) is 5.56 Å². The number of rotatable bonds is 9. The predicted octanol–water partition coefficient (Wildman–Crippen LogP) is 4.41. The van der Waals surface area contributed by atoms with E-state index in [-0.39, 0.29) is 35.1 Å². The van der Waals surface area contributed by atoms with Gasteiger partial charge >= 0.3 is 5.97 Å². The predicted molar refractivity (Wildman–Crippen MR) is 138 cm³/mol. The summed E-state index contributed by atoms with van der Waals surface area (Å²) < 4.78 is 16.6. The van der Waals surface area contributed by atoms with Crippen molar-refractivity contribution in [2.75, 3.05) is 0 Å². The Hall–Kier alpha value is -4.01. The van der Waals surface area contributed by atoms with Crippen LogP contribution >= 0.6 is 0 Å². The molecular formula is C28H32FN4O4+. The molecule has 0 saturated heterocycles. The van der Waals surface area contributed by atoms with E-state index in [0.717, 1.165) is 16.7 Å². The van der Waals surface area contributed by atoms with Crippen LogP contribution in [0.25, 0.3) is 11.4 Å². The molecule has 0 spiro atoms. The Morgan fingerprint density at radius 1 is 1.14 bits per heavy atom. The summed E-state index contributed by atoms with van der Waals surface area (Å²) in [4.78, 5) is 46.6. The molecule has 0 bridgehead atoms. The van der Waals surface area contributed by atoms with E-state index in [9.17, 15) is 19.5 Å². The summed E-state index contributed by atoms with van der Waals surface area (Å²) in [7, 11) is 0. The fourth-order valence-corrected chi connectivity index (χ4v) is 4.32. The van der Waals surface area contributed by atoms with E-state index < -0.39 is 36.2 Å². The molecule has 8 nitrogen and oxygen atoms in total. The van der Waals surface area contributed by atoms with Crippen LogP contribution in [0.4, 0.5) is 4.39 Å². The Bertz CT molecular complexity index is 1360. The van der Waals surface area contributed by atoms with E-state index in [4.69, 9.17) is 0 Å². The first-order valence-electron chi connectivity index (χ1n) is 12.0. The highest BCUT2D eigenvalue weighted by molar-refractivity contribution is 5.81. The number of halogens is 1. The zero-order valence-corrected chi connectivity index (χ0v) is 21.7. The van der Waals surface area contributed by atoms with Crippen molar-refractivity contribution in [1.29, 1.82) is 0 Å². The lowest BCUT2D eigenvalue weighted by molar-refractivity contribution is -0.138. The molecule has 3 aromatic rings. The van der Waals surface area contributed by atoms with E-state index in [2.05, 4.69) is 22.2 Å². The molecule has 0 fully saturated rings. The van der Waals surface area contributed by atoms with Crippen molar-refractivity contribution in [3.05, 3.63) is 87.7 Å². The minimum atomic E-state index is -1.29. The summed E-state index contributed by atoms with van der Waals surface area (Å²) in [6, 6.07) is 6.49. The fourth-order valence-electron chi connectivity index (χ4n) is 4.32. The minimum absolute atomic E-state index is 0.0324. The number of carboxylic acid groups (broad SMARTS) is 1. The van der Waals surface area contributed by atoms with Gasteiger partial charge in [-0.15, -0.1) is 0 Å². The van der Waals surface area contributed by atoms with Gasteiger partial charge in [0.2, 0.25) is 5.91 Å². The second-order valence-electron chi connectivity index (χ2n) is 9.56. The van der Waals surface area contributed by atoms with E-state index in [1.165, 1.54) is 23.8 Å². The molecule has 3 atom stereocenters. The SMILES string of the molecule is [CH2+]C(C)C[C@@H](C(=O)NC(CC(=O)O)c1nc(-c2c(C)cccc2C)nc(C)c1F)n1ccc(C)cc1=O. The van der Waals surface area contributed by atoms with Crippen molar-refractivity contribution in [2.24, 2.45) is 5.92 Å². The number of aliphatic carboxylic acids is 1. The van der Waals surface area contributed by atoms with Crippen LogP contribution < -0.4 is 10.9 Å². The van der Waals surface area contributed by atoms with E-state index in [0.29, 0.717) is 5.56 Å². The third-order valence-electron chi connectivity index (χ3n) is 6.14. The smallest absolute Gasteiger partial charge is 0.305 e. The van der Waals surface area contributed by atoms with Gasteiger partial charge in [-0.1, -0.05) is 18.2 Å². The third kappa shape index (κ3) is 6.41. The van der Waals surface area contributed by atoms with Gasteiger partial charge in [-0.25, -0.2) is 14.4 Å². The second kappa shape index (κ2) is 11.4. The standard InChI is InChI=1S/C28H31FN4O4/c1-15(2)12-21(33-11-10-16(3)13-22(33)34)28(37)31-20(14-23(35)36)26-25(29)19(6)30-27(32-26)24-17(4)8-7-9-18(24)5/h7-11,13,15,20-21H,1,12,14H2,2-6H3,(H-,31,35,36,37)/p+1/t15?,20?,21-/m0/s1. The minimum Gasteiger partial charge on any atom is -0.481 e. The molecule has 37 heavy (non-hydrogen) atoms. The maximum atomic E-state index is 15.4. The molecule has 0 aliphatic heterocycles. The maximum Gasteiger partial charge on any atom is 0.305 e. The van der Waals surface area contributed by atoms with Crippen molar-refractivity contribution < 1.29 is 19.1 Å². The number of amides is 1. The Morgan fingerprint density at radius 3 is 2.35 bits per heavy atom. The third-order valence-corrected chi connectivity index (χ3v) is 6.14. The molecule has 194 valence electrons. The van der Waals surface area contributed by atoms with Gasteiger partial charge in [0.05, 0.1) is 31.0 Å². The quantitative estimate of drug-likeness (QED) is 0.415. The number of nitrogens with zero attached hydrogens (tertiary/aromatic N) is 3. The van der Waals surface area contributed by atoms with Gasteiger partial charge < -0.3 is 15.0 Å². The van der Waals surface area contributed by atoms with Gasteiger partial charge in [-0.3, -0.25) is 14.4 Å². The maximum absolute atomic E-state index is 15.4. The molecule has 3 rings (SSSR count). The zero-order chi connectivity index (χ0) is 27.4. The van der Waals surface area contributed by atoms with E-state index >= 15 is 4.39 Å². The Labute approximate surface area is 215 Å². The average molecular weight is 508 g/mol. The first-order valence-corrected chi connectivity index (χ1v) is 12.0. The van der Waals surface area contributed by atoms with E-state index in [1.807, 2.05) is 32.0 Å². The van der Waals surface area contributed by atoms with Crippen LogP contribution in [0.3, 0.4) is 0 Å². The lowest BCUT2D eigenvalue weighted by atomic mass is 10.00. The zero-order valence-electron chi connectivity index (χ0n) is 21.7. The van der Waals surface area contributed by atoms with Gasteiger partial charge in [0.1, 0.15) is 11.7 Å². The summed E-state index contributed by atoms with van der Waals surface area (Å²) in [5, 5.41) is 12.2. The number of aromatic nitrogens is 3. The largest absolute Gasteiger partial charge is 0.481 e. The molecular weight excluding hydrogens is 475 g/mol. The molecule has 1 aromatic carbocycles. The summed E-state index contributed by atoms with van der Waals surface area (Å²) in [6.45, 7) is 12.7. The van der Waals surface area contributed by atoms with E-state index in [1.54, 1.807) is 19.9 Å². The van der Waals surface area contributed by atoms with Crippen molar-refractivity contribution in [3.63, 3.8) is 0 Å². The van der Waals surface area contributed by atoms with Crippen LogP contribution in [0.15, 0.2) is 41.3 Å². The average Bonchev–Trinajstić information content (AvgIpc) is 2.79. The summed E-state index contributed by atoms with van der Waals surface area (Å²) in [5.74, 6) is -2.63. The lowest BCUT2D eigenvalue weighted by Crippen LogP contribution is -2.40. The molecule has 2 N–H and O–H groups in total. The lowest BCUT2D eigenvalue weighted by Gasteiger charge is -2.24. The van der Waals surface area contributed by atoms with Crippen molar-refractivity contribution >= 4 is 11.9 Å². The summed E-state index contributed by atoms with van der Waals surface area (Å²) >= 11 is 0. The Balaban J connectivity index is 2.09. The number of carbonyl (C=O) groups excluding carboxylic acids is 1. The van der Waals surface area contributed by atoms with Crippen molar-refractivity contribution in [2.45, 2.75) is 59.5 Å². The highest BCUT2D eigenvalue weighted by Crippen LogP contribution is 2.29. The molecule has 2 heterocycles. The van der Waals surface area contributed by atoms with Crippen LogP contribution in [0.1, 0.15) is 59.9 Å². The monoisotopic (exact) mass is 507 g/mol. The summed E-state index contributed by atoms with van der Waals surface area (Å²) in [6.07, 6.45) is 1.12. The number of carbonyl (C=O) groups is 2. The molecule has 0 radical (unpaired) electrons. The van der Waals surface area contributed by atoms with Gasteiger partial charge in [0, 0.05) is 24.2 Å². The van der Waals surface area contributed by atoms with Gasteiger partial charge in [-0.05, 0) is 57.4 Å². The fraction of sp³-hybridized carbons (Fsp3) is 0.357. The number of benzene rings is 1. The van der Waals surface area contributed by atoms with Crippen LogP contribution in [0.5, 0.6) is 0 Å². The molecule has 0 aliphatic rings. The Kier molecular flexibility index (Phi) is 8.47. The molecule has 2 aromatic heterocycles. The highest BCUT2D eigenvalue weighted by Gasteiger charge is 2.31. The number of aryl methyl sites for hydroxylation is 4. The molecule has 9 heteroatoms. The van der Waals surface area contributed by atoms with Crippen LogP contribution in [0, 0.1) is 46.4 Å². The van der Waals surface area contributed by atoms with Crippen LogP contribution in [0.2, 0.25) is 0 Å². The Morgan fingerprint density at radius 2 is 1.78 bits per heavy atom. The van der Waals surface area contributed by atoms with Gasteiger partial charge in [0.15, 0.2) is 11.6 Å². The first kappa shape index (κ1) is 27.6. The second-order valence-corrected chi connectivity index (χ2v) is 9.56. The van der Waals surface area contributed by atoms with Crippen LogP contribution in [-0.4, -0.2) is 31.5 Å². The van der Waals surface area contributed by atoms with Crippen molar-refractivity contribution in [3.8, 4) is 11.4 Å².